The topological polar surface area (TPSA) is 88.1 Å². The molecule has 3 rings (SSSR count). The van der Waals surface area contributed by atoms with Gasteiger partial charge >= 0.3 is 0 Å². The van der Waals surface area contributed by atoms with E-state index < -0.39 is 11.2 Å². The maximum atomic E-state index is 12.5. The summed E-state index contributed by atoms with van der Waals surface area (Å²) in [5.74, 6) is 0.368. The Morgan fingerprint density at radius 3 is 2.69 bits per heavy atom. The number of carbonyl (C=O) groups is 2. The number of aryl methyl sites for hydroxylation is 1. The number of ether oxygens (including phenoxy) is 2. The standard InChI is InChI=1S/C21H29ClN2O5/c1-14-10-16(4-5-17(14)22)28-12-19(26)24-8-6-21(7-9-24)11-18(23-15(2)25)20(3,27)13-29-21/h4-5,10,18,27H,6-9,11-13H2,1-3H3,(H,23,25)/t18-,20-/m0/s1. The van der Waals surface area contributed by atoms with E-state index in [1.807, 2.05) is 13.0 Å². The van der Waals surface area contributed by atoms with Crippen LogP contribution in [0.2, 0.25) is 5.02 Å². The third-order valence-electron chi connectivity index (χ3n) is 5.89. The van der Waals surface area contributed by atoms with Gasteiger partial charge in [-0.15, -0.1) is 0 Å². The third-order valence-corrected chi connectivity index (χ3v) is 6.32. The van der Waals surface area contributed by atoms with Gasteiger partial charge in [0.1, 0.15) is 11.4 Å². The molecule has 29 heavy (non-hydrogen) atoms. The lowest BCUT2D eigenvalue weighted by Gasteiger charge is -2.50. The van der Waals surface area contributed by atoms with Crippen molar-refractivity contribution in [2.45, 2.75) is 57.3 Å². The van der Waals surface area contributed by atoms with Gasteiger partial charge in [-0.1, -0.05) is 11.6 Å². The van der Waals surface area contributed by atoms with Gasteiger partial charge in [-0.05, 0) is 56.9 Å². The highest BCUT2D eigenvalue weighted by atomic mass is 35.5. The molecular formula is C21H29ClN2O5. The molecule has 2 N–H and O–H groups in total. The molecule has 2 saturated heterocycles. The summed E-state index contributed by atoms with van der Waals surface area (Å²) in [7, 11) is 0. The van der Waals surface area contributed by atoms with Crippen molar-refractivity contribution in [2.24, 2.45) is 0 Å². The molecule has 0 aliphatic carbocycles. The molecule has 1 aromatic carbocycles. The van der Waals surface area contributed by atoms with Crippen LogP contribution in [0, 0.1) is 6.92 Å². The Balaban J connectivity index is 1.53. The van der Waals surface area contributed by atoms with E-state index in [2.05, 4.69) is 5.32 Å². The minimum atomic E-state index is -1.10. The molecule has 0 aromatic heterocycles. The van der Waals surface area contributed by atoms with Gasteiger partial charge in [0.15, 0.2) is 6.61 Å². The average Bonchev–Trinajstić information content (AvgIpc) is 2.66. The first kappa shape index (κ1) is 21.9. The van der Waals surface area contributed by atoms with E-state index in [1.54, 1.807) is 24.0 Å². The molecule has 0 radical (unpaired) electrons. The van der Waals surface area contributed by atoms with Gasteiger partial charge in [0.25, 0.3) is 5.91 Å². The van der Waals surface area contributed by atoms with Gasteiger partial charge < -0.3 is 24.8 Å². The second-order valence-corrected chi connectivity index (χ2v) is 8.77. The van der Waals surface area contributed by atoms with Crippen molar-refractivity contribution in [2.75, 3.05) is 26.3 Å². The quantitative estimate of drug-likeness (QED) is 0.772. The van der Waals surface area contributed by atoms with Crippen LogP contribution < -0.4 is 10.1 Å². The van der Waals surface area contributed by atoms with Gasteiger partial charge in [0.05, 0.1) is 18.2 Å². The molecule has 0 unspecified atom stereocenters. The fourth-order valence-corrected chi connectivity index (χ4v) is 4.08. The minimum absolute atomic E-state index is 0.0296. The van der Waals surface area contributed by atoms with Crippen LogP contribution in [0.25, 0.3) is 0 Å². The normalized spacial score (nSPS) is 26.2. The number of hydrogen-bond donors (Lipinski definition) is 2. The summed E-state index contributed by atoms with van der Waals surface area (Å²) < 4.78 is 11.7. The van der Waals surface area contributed by atoms with Gasteiger partial charge in [-0.25, -0.2) is 0 Å². The maximum Gasteiger partial charge on any atom is 0.260 e. The number of nitrogens with zero attached hydrogens (tertiary/aromatic N) is 1. The lowest BCUT2D eigenvalue weighted by molar-refractivity contribution is -0.194. The molecule has 1 aromatic rings. The van der Waals surface area contributed by atoms with Crippen molar-refractivity contribution in [1.82, 2.24) is 10.2 Å². The fraction of sp³-hybridized carbons (Fsp3) is 0.619. The second-order valence-electron chi connectivity index (χ2n) is 8.37. The van der Waals surface area contributed by atoms with Gasteiger partial charge in [0.2, 0.25) is 5.91 Å². The molecule has 1 spiro atoms. The number of benzene rings is 1. The van der Waals surface area contributed by atoms with Crippen molar-refractivity contribution < 1.29 is 24.2 Å². The van der Waals surface area contributed by atoms with Crippen molar-refractivity contribution >= 4 is 23.4 Å². The lowest BCUT2D eigenvalue weighted by Crippen LogP contribution is -2.64. The predicted molar refractivity (Wildman–Crippen MR) is 109 cm³/mol. The van der Waals surface area contributed by atoms with E-state index in [4.69, 9.17) is 21.1 Å². The van der Waals surface area contributed by atoms with Crippen LogP contribution in [0.4, 0.5) is 0 Å². The predicted octanol–water partition coefficient (Wildman–Crippen LogP) is 2.06. The largest absolute Gasteiger partial charge is 0.484 e. The summed E-state index contributed by atoms with van der Waals surface area (Å²) in [6, 6.07) is 4.94. The molecule has 2 atom stereocenters. The van der Waals surface area contributed by atoms with Crippen LogP contribution in [0.1, 0.15) is 38.7 Å². The summed E-state index contributed by atoms with van der Waals surface area (Å²) in [6.07, 6.45) is 1.85. The van der Waals surface area contributed by atoms with Crippen molar-refractivity contribution in [3.8, 4) is 5.75 Å². The fourth-order valence-electron chi connectivity index (χ4n) is 3.96. The summed E-state index contributed by atoms with van der Waals surface area (Å²) in [6.45, 7) is 6.24. The van der Waals surface area contributed by atoms with E-state index in [0.717, 1.165) is 5.56 Å². The smallest absolute Gasteiger partial charge is 0.260 e. The van der Waals surface area contributed by atoms with Gasteiger partial charge in [-0.3, -0.25) is 9.59 Å². The Hall–Kier alpha value is -1.83. The molecule has 2 fully saturated rings. The molecule has 2 amide bonds. The van der Waals surface area contributed by atoms with E-state index in [-0.39, 0.29) is 31.1 Å². The van der Waals surface area contributed by atoms with Gasteiger partial charge in [-0.2, -0.15) is 0 Å². The molecular weight excluding hydrogens is 396 g/mol. The Morgan fingerprint density at radius 2 is 2.07 bits per heavy atom. The molecule has 2 aliphatic heterocycles. The van der Waals surface area contributed by atoms with Gasteiger partial charge in [0, 0.05) is 25.0 Å². The van der Waals surface area contributed by atoms with Crippen LogP contribution >= 0.6 is 11.6 Å². The zero-order valence-corrected chi connectivity index (χ0v) is 17.9. The third kappa shape index (κ3) is 5.21. The number of likely N-dealkylation sites (tertiary alicyclic amines) is 1. The number of amides is 2. The first-order valence-corrected chi connectivity index (χ1v) is 10.3. The van der Waals surface area contributed by atoms with Crippen LogP contribution in [0.15, 0.2) is 18.2 Å². The number of hydrogen-bond acceptors (Lipinski definition) is 5. The minimum Gasteiger partial charge on any atom is -0.484 e. The Bertz CT molecular complexity index is 774. The second kappa shape index (κ2) is 8.50. The summed E-state index contributed by atoms with van der Waals surface area (Å²) in [4.78, 5) is 25.8. The average molecular weight is 425 g/mol. The SMILES string of the molecule is CC(=O)N[C@H]1CC2(CCN(C(=O)COc3ccc(Cl)c(C)c3)CC2)OC[C@]1(C)O. The summed E-state index contributed by atoms with van der Waals surface area (Å²) in [5.41, 5.74) is -0.634. The first-order valence-electron chi connectivity index (χ1n) is 9.90. The van der Waals surface area contributed by atoms with Crippen LogP contribution in [-0.2, 0) is 14.3 Å². The van der Waals surface area contributed by atoms with E-state index in [9.17, 15) is 14.7 Å². The monoisotopic (exact) mass is 424 g/mol. The molecule has 2 aliphatic rings. The zero-order chi connectivity index (χ0) is 21.2. The molecule has 0 bridgehead atoms. The number of carbonyl (C=O) groups excluding carboxylic acids is 2. The number of nitrogens with one attached hydrogen (secondary N) is 1. The van der Waals surface area contributed by atoms with Crippen LogP contribution in [0.3, 0.4) is 0 Å². The molecule has 160 valence electrons. The number of halogens is 1. The highest BCUT2D eigenvalue weighted by molar-refractivity contribution is 6.31. The Morgan fingerprint density at radius 1 is 1.38 bits per heavy atom. The van der Waals surface area contributed by atoms with Crippen molar-refractivity contribution in [3.05, 3.63) is 28.8 Å². The maximum absolute atomic E-state index is 12.5. The summed E-state index contributed by atoms with van der Waals surface area (Å²) in [5, 5.41) is 14.0. The highest BCUT2D eigenvalue weighted by Gasteiger charge is 2.49. The van der Waals surface area contributed by atoms with Crippen LogP contribution in [0.5, 0.6) is 5.75 Å². The van der Waals surface area contributed by atoms with E-state index in [1.165, 1.54) is 6.92 Å². The Kier molecular flexibility index (Phi) is 6.41. The van der Waals surface area contributed by atoms with Crippen molar-refractivity contribution in [1.29, 1.82) is 0 Å². The highest BCUT2D eigenvalue weighted by Crippen LogP contribution is 2.38. The zero-order valence-electron chi connectivity index (χ0n) is 17.2. The molecule has 7 nitrogen and oxygen atoms in total. The van der Waals surface area contributed by atoms with E-state index in [0.29, 0.717) is 43.1 Å². The number of rotatable bonds is 4. The molecule has 2 heterocycles. The molecule has 8 heteroatoms. The number of piperidine rings is 1. The first-order chi connectivity index (χ1) is 13.6. The van der Waals surface area contributed by atoms with E-state index >= 15 is 0 Å². The number of aliphatic hydroxyl groups is 1. The van der Waals surface area contributed by atoms with Crippen molar-refractivity contribution in [3.63, 3.8) is 0 Å². The Labute approximate surface area is 176 Å². The lowest BCUT2D eigenvalue weighted by atomic mass is 9.77. The van der Waals surface area contributed by atoms with Crippen LogP contribution in [-0.4, -0.2) is 65.4 Å². The molecule has 0 saturated carbocycles. The summed E-state index contributed by atoms with van der Waals surface area (Å²) >= 11 is 6.01.